The average molecular weight is 286 g/mol. The number of carbonyl (C=O) groups excluding carboxylic acids is 1. The lowest BCUT2D eigenvalue weighted by Gasteiger charge is -2.19. The van der Waals surface area contributed by atoms with Gasteiger partial charge >= 0.3 is 5.97 Å². The number of methoxy groups -OCH3 is 1. The molecule has 0 heterocycles. The quantitative estimate of drug-likeness (QED) is 0.764. The minimum Gasteiger partial charge on any atom is -0.493 e. The lowest BCUT2D eigenvalue weighted by Crippen LogP contribution is -2.21. The molecule has 0 saturated carbocycles. The molecule has 2 aromatic carbocycles. The van der Waals surface area contributed by atoms with Crippen molar-refractivity contribution >= 4 is 5.97 Å². The van der Waals surface area contributed by atoms with E-state index >= 15 is 0 Å². The molecule has 110 valence electrons. The molecule has 0 aromatic heterocycles. The summed E-state index contributed by atoms with van der Waals surface area (Å²) in [5.74, 6) is 0.652. The first-order chi connectivity index (χ1) is 10.3. The second-order valence-corrected chi connectivity index (χ2v) is 4.31. The molecule has 0 bridgehead atoms. The highest BCUT2D eigenvalue weighted by molar-refractivity contribution is 5.77. The number of esters is 1. The van der Waals surface area contributed by atoms with Gasteiger partial charge < -0.3 is 14.2 Å². The Kier molecular flexibility index (Phi) is 5.21. The maximum Gasteiger partial charge on any atom is 0.352 e. The third-order valence-corrected chi connectivity index (χ3v) is 2.92. The van der Waals surface area contributed by atoms with Gasteiger partial charge in [-0.2, -0.15) is 0 Å². The molecule has 21 heavy (non-hydrogen) atoms. The first kappa shape index (κ1) is 14.9. The Morgan fingerprint density at radius 1 is 1.00 bits per heavy atom. The fourth-order valence-electron chi connectivity index (χ4n) is 1.94. The molecule has 4 nitrogen and oxygen atoms in total. The van der Waals surface area contributed by atoms with Gasteiger partial charge in [0, 0.05) is 5.56 Å². The summed E-state index contributed by atoms with van der Waals surface area (Å²) in [4.78, 5) is 12.2. The van der Waals surface area contributed by atoms with Crippen molar-refractivity contribution < 1.29 is 19.0 Å². The monoisotopic (exact) mass is 286 g/mol. The molecule has 2 rings (SSSR count). The third kappa shape index (κ3) is 3.75. The van der Waals surface area contributed by atoms with Gasteiger partial charge in [-0.25, -0.2) is 4.79 Å². The first-order valence-electron chi connectivity index (χ1n) is 6.77. The van der Waals surface area contributed by atoms with E-state index in [0.717, 1.165) is 5.56 Å². The molecule has 4 heteroatoms. The van der Waals surface area contributed by atoms with E-state index in [1.165, 1.54) is 0 Å². The van der Waals surface area contributed by atoms with Crippen LogP contribution < -0.4 is 9.47 Å². The zero-order valence-electron chi connectivity index (χ0n) is 12.1. The molecular weight excluding hydrogens is 268 g/mol. The van der Waals surface area contributed by atoms with Gasteiger partial charge in [-0.15, -0.1) is 0 Å². The molecule has 0 aliphatic rings. The van der Waals surface area contributed by atoms with Crippen molar-refractivity contribution in [3.8, 4) is 11.5 Å². The van der Waals surface area contributed by atoms with Crippen molar-refractivity contribution in [2.45, 2.75) is 13.0 Å². The summed E-state index contributed by atoms with van der Waals surface area (Å²) in [5.41, 5.74) is 0.738. The van der Waals surface area contributed by atoms with E-state index in [-0.39, 0.29) is 0 Å². The van der Waals surface area contributed by atoms with Gasteiger partial charge in [0.15, 0.2) is 11.5 Å². The van der Waals surface area contributed by atoms with Crippen LogP contribution in [0.1, 0.15) is 18.6 Å². The van der Waals surface area contributed by atoms with Crippen LogP contribution in [0.15, 0.2) is 54.6 Å². The van der Waals surface area contributed by atoms with Crippen molar-refractivity contribution in [1.29, 1.82) is 0 Å². The Labute approximate surface area is 124 Å². The molecule has 0 aliphatic carbocycles. The minimum absolute atomic E-state index is 0.303. The standard InChI is InChI=1S/C17H18O4/c1-3-20-17(18)16(13-9-5-4-6-10-13)21-15-12-8-7-11-14(15)19-2/h4-12,16H,3H2,1-2H3. The lowest BCUT2D eigenvalue weighted by atomic mass is 10.1. The fourth-order valence-corrected chi connectivity index (χ4v) is 1.94. The minimum atomic E-state index is -0.817. The van der Waals surface area contributed by atoms with E-state index in [1.807, 2.05) is 42.5 Å². The van der Waals surface area contributed by atoms with E-state index < -0.39 is 12.1 Å². The van der Waals surface area contributed by atoms with Gasteiger partial charge in [-0.05, 0) is 19.1 Å². The van der Waals surface area contributed by atoms with Crippen LogP contribution in [-0.2, 0) is 9.53 Å². The first-order valence-corrected chi connectivity index (χ1v) is 6.77. The summed E-state index contributed by atoms with van der Waals surface area (Å²) in [6, 6.07) is 16.5. The Bertz CT molecular complexity index is 580. The lowest BCUT2D eigenvalue weighted by molar-refractivity contribution is -0.151. The van der Waals surface area contributed by atoms with Crippen LogP contribution in [0.25, 0.3) is 0 Å². The van der Waals surface area contributed by atoms with Crippen molar-refractivity contribution in [2.75, 3.05) is 13.7 Å². The molecule has 0 fully saturated rings. The Morgan fingerprint density at radius 2 is 1.62 bits per heavy atom. The van der Waals surface area contributed by atoms with Gasteiger partial charge in [0.2, 0.25) is 6.10 Å². The second kappa shape index (κ2) is 7.33. The van der Waals surface area contributed by atoms with E-state index in [9.17, 15) is 4.79 Å². The number of benzene rings is 2. The van der Waals surface area contributed by atoms with E-state index in [4.69, 9.17) is 14.2 Å². The number of para-hydroxylation sites is 2. The number of carbonyl (C=O) groups is 1. The Hall–Kier alpha value is -2.49. The highest BCUT2D eigenvalue weighted by Gasteiger charge is 2.25. The summed E-state index contributed by atoms with van der Waals surface area (Å²) < 4.78 is 16.2. The van der Waals surface area contributed by atoms with Crippen LogP contribution in [0.2, 0.25) is 0 Å². The van der Waals surface area contributed by atoms with E-state index in [1.54, 1.807) is 26.2 Å². The third-order valence-electron chi connectivity index (χ3n) is 2.92. The second-order valence-electron chi connectivity index (χ2n) is 4.31. The van der Waals surface area contributed by atoms with Crippen molar-refractivity contribution in [3.05, 3.63) is 60.2 Å². The van der Waals surface area contributed by atoms with Crippen LogP contribution in [0.4, 0.5) is 0 Å². The van der Waals surface area contributed by atoms with E-state index in [0.29, 0.717) is 18.1 Å². The number of hydrogen-bond donors (Lipinski definition) is 0. The maximum absolute atomic E-state index is 12.2. The van der Waals surface area contributed by atoms with Crippen LogP contribution in [0.3, 0.4) is 0 Å². The molecule has 1 atom stereocenters. The Morgan fingerprint density at radius 3 is 2.24 bits per heavy atom. The van der Waals surface area contributed by atoms with Gasteiger partial charge in [-0.3, -0.25) is 0 Å². The zero-order chi connectivity index (χ0) is 15.1. The highest BCUT2D eigenvalue weighted by Crippen LogP contribution is 2.31. The zero-order valence-corrected chi connectivity index (χ0v) is 12.1. The summed E-state index contributed by atoms with van der Waals surface area (Å²) in [6.45, 7) is 2.07. The molecular formula is C17H18O4. The van der Waals surface area contributed by atoms with Crippen LogP contribution in [0.5, 0.6) is 11.5 Å². The predicted molar refractivity (Wildman–Crippen MR) is 79.4 cm³/mol. The van der Waals surface area contributed by atoms with E-state index in [2.05, 4.69) is 0 Å². The summed E-state index contributed by atoms with van der Waals surface area (Å²) in [7, 11) is 1.56. The molecule has 0 saturated heterocycles. The molecule has 2 aromatic rings. The Balaban J connectivity index is 2.30. The van der Waals surface area contributed by atoms with Crippen LogP contribution in [0, 0.1) is 0 Å². The molecule has 0 aliphatic heterocycles. The largest absolute Gasteiger partial charge is 0.493 e. The van der Waals surface area contributed by atoms with Gasteiger partial charge in [-0.1, -0.05) is 42.5 Å². The smallest absolute Gasteiger partial charge is 0.352 e. The molecule has 0 spiro atoms. The summed E-state index contributed by atoms with van der Waals surface area (Å²) in [6.07, 6.45) is -0.817. The highest BCUT2D eigenvalue weighted by atomic mass is 16.6. The van der Waals surface area contributed by atoms with Gasteiger partial charge in [0.05, 0.1) is 13.7 Å². The normalized spacial score (nSPS) is 11.5. The maximum atomic E-state index is 12.2. The fraction of sp³-hybridized carbons (Fsp3) is 0.235. The molecule has 1 unspecified atom stereocenters. The number of rotatable bonds is 6. The molecule has 0 amide bonds. The van der Waals surface area contributed by atoms with Crippen molar-refractivity contribution in [1.82, 2.24) is 0 Å². The predicted octanol–water partition coefficient (Wildman–Crippen LogP) is 3.38. The molecule has 0 radical (unpaired) electrons. The average Bonchev–Trinajstić information content (AvgIpc) is 2.54. The van der Waals surface area contributed by atoms with Crippen LogP contribution in [-0.4, -0.2) is 19.7 Å². The van der Waals surface area contributed by atoms with Crippen molar-refractivity contribution in [2.24, 2.45) is 0 Å². The van der Waals surface area contributed by atoms with Gasteiger partial charge in [0.1, 0.15) is 0 Å². The summed E-state index contributed by atoms with van der Waals surface area (Å²) >= 11 is 0. The SMILES string of the molecule is CCOC(=O)C(Oc1ccccc1OC)c1ccccc1. The number of hydrogen-bond acceptors (Lipinski definition) is 4. The van der Waals surface area contributed by atoms with Crippen LogP contribution >= 0.6 is 0 Å². The topological polar surface area (TPSA) is 44.8 Å². The molecule has 0 N–H and O–H groups in total. The number of ether oxygens (including phenoxy) is 3. The van der Waals surface area contributed by atoms with Crippen molar-refractivity contribution in [3.63, 3.8) is 0 Å². The van der Waals surface area contributed by atoms with Gasteiger partial charge in [0.25, 0.3) is 0 Å². The summed E-state index contributed by atoms with van der Waals surface area (Å²) in [5, 5.41) is 0.